The molecule has 2 aromatic rings. The van der Waals surface area contributed by atoms with Gasteiger partial charge in [0.2, 0.25) is 5.95 Å². The fourth-order valence-corrected chi connectivity index (χ4v) is 3.52. The zero-order valence-electron chi connectivity index (χ0n) is 15.8. The predicted octanol–water partition coefficient (Wildman–Crippen LogP) is 1.98. The Hall–Kier alpha value is -2.29. The Bertz CT molecular complexity index is 770. The van der Waals surface area contributed by atoms with Crippen molar-refractivity contribution in [2.75, 3.05) is 38.6 Å². The van der Waals surface area contributed by atoms with E-state index in [4.69, 9.17) is 9.72 Å². The molecule has 3 heterocycles. The molecule has 2 aliphatic heterocycles. The molecule has 0 amide bonds. The van der Waals surface area contributed by atoms with Gasteiger partial charge in [-0.3, -0.25) is 0 Å². The van der Waals surface area contributed by atoms with Crippen LogP contribution in [0.15, 0.2) is 24.3 Å². The van der Waals surface area contributed by atoms with Gasteiger partial charge in [0.15, 0.2) is 0 Å². The molecule has 0 aliphatic carbocycles. The van der Waals surface area contributed by atoms with Crippen molar-refractivity contribution in [1.29, 1.82) is 0 Å². The van der Waals surface area contributed by atoms with Gasteiger partial charge >= 0.3 is 5.97 Å². The minimum Gasteiger partial charge on any atom is -0.465 e. The van der Waals surface area contributed by atoms with Crippen LogP contribution >= 0.6 is 12.4 Å². The summed E-state index contributed by atoms with van der Waals surface area (Å²) in [7, 11) is 1.37. The van der Waals surface area contributed by atoms with Gasteiger partial charge in [-0.25, -0.2) is 9.78 Å². The van der Waals surface area contributed by atoms with Crippen LogP contribution in [0.2, 0.25) is 0 Å². The highest BCUT2D eigenvalue weighted by atomic mass is 35.5. The number of carbonyl (C=O) groups excluding carboxylic acids is 1. The Morgan fingerprint density at radius 1 is 1.00 bits per heavy atom. The van der Waals surface area contributed by atoms with Crippen LogP contribution in [0.25, 0.3) is 0 Å². The number of hydrogen-bond acceptors (Lipinski definition) is 8. The van der Waals surface area contributed by atoms with E-state index in [1.807, 2.05) is 12.1 Å². The number of hydrogen-bond donors (Lipinski definition) is 3. The molecule has 0 bridgehead atoms. The number of benzene rings is 1. The van der Waals surface area contributed by atoms with E-state index in [2.05, 4.69) is 25.9 Å². The normalized spacial score (nSPS) is 21.2. The number of nitrogens with one attached hydrogen (secondary N) is 3. The summed E-state index contributed by atoms with van der Waals surface area (Å²) in [6.07, 6.45) is 2.08. The van der Waals surface area contributed by atoms with E-state index in [9.17, 15) is 4.79 Å². The Labute approximate surface area is 170 Å². The van der Waals surface area contributed by atoms with E-state index < -0.39 is 0 Å². The van der Waals surface area contributed by atoms with Crippen LogP contribution in [0.1, 0.15) is 46.7 Å². The molecular formula is C19H25ClN6O2. The summed E-state index contributed by atoms with van der Waals surface area (Å²) in [6, 6.07) is 7.09. The highest BCUT2D eigenvalue weighted by Gasteiger charge is 2.25. The number of methoxy groups -OCH3 is 1. The SMILES string of the molecule is COC(=O)c1ccc(Nc2nc(C3CCNC3)nc(C3CCNC3)n2)cc1.Cl. The third kappa shape index (κ3) is 4.57. The van der Waals surface area contributed by atoms with Crippen molar-refractivity contribution in [3.05, 3.63) is 41.5 Å². The van der Waals surface area contributed by atoms with Crippen molar-refractivity contribution in [1.82, 2.24) is 25.6 Å². The smallest absolute Gasteiger partial charge is 0.337 e. The van der Waals surface area contributed by atoms with E-state index in [0.717, 1.165) is 56.4 Å². The van der Waals surface area contributed by atoms with Gasteiger partial charge in [0, 0.05) is 30.6 Å². The third-order valence-electron chi connectivity index (χ3n) is 5.08. The molecule has 1 aromatic heterocycles. The summed E-state index contributed by atoms with van der Waals surface area (Å²) in [4.78, 5) is 25.7. The lowest BCUT2D eigenvalue weighted by atomic mass is 10.1. The number of ether oxygens (including phenoxy) is 1. The van der Waals surface area contributed by atoms with Crippen LogP contribution in [-0.4, -0.2) is 54.2 Å². The Morgan fingerprint density at radius 3 is 2.04 bits per heavy atom. The van der Waals surface area contributed by atoms with E-state index in [1.54, 1.807) is 12.1 Å². The van der Waals surface area contributed by atoms with Crippen LogP contribution in [0.3, 0.4) is 0 Å². The molecular weight excluding hydrogens is 380 g/mol. The molecule has 0 radical (unpaired) electrons. The molecule has 8 nitrogen and oxygen atoms in total. The van der Waals surface area contributed by atoms with Crippen molar-refractivity contribution in [2.24, 2.45) is 0 Å². The number of aromatic nitrogens is 3. The monoisotopic (exact) mass is 404 g/mol. The van der Waals surface area contributed by atoms with Crippen molar-refractivity contribution in [2.45, 2.75) is 24.7 Å². The first-order chi connectivity index (χ1) is 13.2. The topological polar surface area (TPSA) is 101 Å². The van der Waals surface area contributed by atoms with E-state index in [1.165, 1.54) is 7.11 Å². The van der Waals surface area contributed by atoms with Crippen molar-refractivity contribution in [3.63, 3.8) is 0 Å². The summed E-state index contributed by atoms with van der Waals surface area (Å²) < 4.78 is 4.74. The molecule has 0 spiro atoms. The Morgan fingerprint density at radius 2 is 1.57 bits per heavy atom. The number of carbonyl (C=O) groups is 1. The number of rotatable bonds is 5. The maximum Gasteiger partial charge on any atom is 0.337 e. The zero-order chi connectivity index (χ0) is 18.6. The van der Waals surface area contributed by atoms with Crippen molar-refractivity contribution >= 4 is 30.0 Å². The highest BCUT2D eigenvalue weighted by molar-refractivity contribution is 5.89. The second-order valence-corrected chi connectivity index (χ2v) is 6.95. The lowest BCUT2D eigenvalue weighted by Crippen LogP contribution is -2.16. The van der Waals surface area contributed by atoms with Gasteiger partial charge < -0.3 is 20.7 Å². The lowest BCUT2D eigenvalue weighted by Gasteiger charge is -2.14. The maximum absolute atomic E-state index is 11.6. The van der Waals surface area contributed by atoms with E-state index in [-0.39, 0.29) is 18.4 Å². The average molecular weight is 405 g/mol. The molecule has 3 N–H and O–H groups in total. The van der Waals surface area contributed by atoms with Crippen molar-refractivity contribution < 1.29 is 9.53 Å². The van der Waals surface area contributed by atoms with Gasteiger partial charge in [0.05, 0.1) is 12.7 Å². The largest absolute Gasteiger partial charge is 0.465 e. The Balaban J connectivity index is 0.00000225. The fraction of sp³-hybridized carbons (Fsp3) is 0.474. The van der Waals surface area contributed by atoms with Gasteiger partial charge in [-0.1, -0.05) is 0 Å². The van der Waals surface area contributed by atoms with Gasteiger partial charge in [0.25, 0.3) is 0 Å². The quantitative estimate of drug-likeness (QED) is 0.650. The molecule has 2 saturated heterocycles. The number of anilines is 2. The maximum atomic E-state index is 11.6. The standard InChI is InChI=1S/C19H24N6O2.ClH/c1-27-18(26)12-2-4-15(5-3-12)22-19-24-16(13-6-8-20-10-13)23-17(25-19)14-7-9-21-11-14;/h2-5,13-14,20-21H,6-11H2,1H3,(H,22,23,24,25);1H. The zero-order valence-corrected chi connectivity index (χ0v) is 16.6. The summed E-state index contributed by atoms with van der Waals surface area (Å²) >= 11 is 0. The number of esters is 1. The summed E-state index contributed by atoms with van der Waals surface area (Å²) in [5.74, 6) is 2.55. The van der Waals surface area contributed by atoms with Crippen molar-refractivity contribution in [3.8, 4) is 0 Å². The van der Waals surface area contributed by atoms with Gasteiger partial charge in [0.1, 0.15) is 11.6 Å². The van der Waals surface area contributed by atoms with Crippen LogP contribution in [0, 0.1) is 0 Å². The minimum atomic E-state index is -0.353. The summed E-state index contributed by atoms with van der Waals surface area (Å²) in [5.41, 5.74) is 1.33. The first-order valence-corrected chi connectivity index (χ1v) is 9.35. The Kier molecular flexibility index (Phi) is 6.77. The molecule has 0 saturated carbocycles. The van der Waals surface area contributed by atoms with Crippen LogP contribution in [-0.2, 0) is 4.74 Å². The fourth-order valence-electron chi connectivity index (χ4n) is 3.52. The molecule has 4 rings (SSSR count). The molecule has 2 unspecified atom stereocenters. The number of nitrogens with zero attached hydrogens (tertiary/aromatic N) is 3. The molecule has 2 aliphatic rings. The second kappa shape index (κ2) is 9.27. The molecule has 150 valence electrons. The first-order valence-electron chi connectivity index (χ1n) is 9.35. The predicted molar refractivity (Wildman–Crippen MR) is 109 cm³/mol. The van der Waals surface area contributed by atoms with E-state index >= 15 is 0 Å². The average Bonchev–Trinajstić information content (AvgIpc) is 3.41. The first kappa shape index (κ1) is 20.4. The molecule has 28 heavy (non-hydrogen) atoms. The second-order valence-electron chi connectivity index (χ2n) is 6.95. The van der Waals surface area contributed by atoms with Crippen LogP contribution in [0.4, 0.5) is 11.6 Å². The van der Waals surface area contributed by atoms with Crippen LogP contribution in [0.5, 0.6) is 0 Å². The highest BCUT2D eigenvalue weighted by Crippen LogP contribution is 2.25. The number of halogens is 1. The van der Waals surface area contributed by atoms with Gasteiger partial charge in [-0.15, -0.1) is 12.4 Å². The van der Waals surface area contributed by atoms with Gasteiger partial charge in [-0.05, 0) is 50.2 Å². The lowest BCUT2D eigenvalue weighted by molar-refractivity contribution is 0.0601. The molecule has 2 atom stereocenters. The molecule has 2 fully saturated rings. The van der Waals surface area contributed by atoms with Crippen LogP contribution < -0.4 is 16.0 Å². The third-order valence-corrected chi connectivity index (χ3v) is 5.08. The summed E-state index contributed by atoms with van der Waals surface area (Å²) in [6.45, 7) is 3.79. The molecule has 1 aromatic carbocycles. The van der Waals surface area contributed by atoms with Gasteiger partial charge in [-0.2, -0.15) is 9.97 Å². The van der Waals surface area contributed by atoms with E-state index in [0.29, 0.717) is 23.3 Å². The minimum absolute atomic E-state index is 0. The summed E-state index contributed by atoms with van der Waals surface area (Å²) in [5, 5.41) is 10.0. The molecule has 9 heteroatoms.